The van der Waals surface area contributed by atoms with Crippen molar-refractivity contribution in [3.05, 3.63) is 39.6 Å². The molecule has 0 bridgehead atoms. The summed E-state index contributed by atoms with van der Waals surface area (Å²) in [5.74, 6) is 0.683. The van der Waals surface area contributed by atoms with Crippen molar-refractivity contribution in [2.75, 3.05) is 0 Å². The van der Waals surface area contributed by atoms with E-state index in [0.717, 1.165) is 10.0 Å². The second-order valence-electron chi connectivity index (χ2n) is 3.26. The molecule has 80 valence electrons. The zero-order chi connectivity index (χ0) is 11.7. The lowest BCUT2D eigenvalue weighted by molar-refractivity contribution is 0.925. The Labute approximate surface area is 106 Å². The fourth-order valence-corrected chi connectivity index (χ4v) is 2.00. The van der Waals surface area contributed by atoms with Crippen LogP contribution in [0.15, 0.2) is 28.7 Å². The smallest absolute Gasteiger partial charge is 0.178 e. The fraction of sp³-hybridized carbons (Fsp3) is 0.0909. The quantitative estimate of drug-likeness (QED) is 0.809. The summed E-state index contributed by atoms with van der Waals surface area (Å²) in [6.07, 6.45) is 0. The van der Waals surface area contributed by atoms with Crippen LogP contribution in [0.1, 0.15) is 5.69 Å². The van der Waals surface area contributed by atoms with Crippen molar-refractivity contribution in [1.29, 1.82) is 5.26 Å². The van der Waals surface area contributed by atoms with E-state index in [1.54, 1.807) is 11.6 Å². The van der Waals surface area contributed by atoms with Crippen LogP contribution in [-0.2, 0) is 7.05 Å². The van der Waals surface area contributed by atoms with Gasteiger partial charge in [0.25, 0.3) is 0 Å². The molecule has 0 aliphatic heterocycles. The third-order valence-corrected chi connectivity index (χ3v) is 3.14. The second kappa shape index (κ2) is 4.28. The Hall–Kier alpha value is -1.31. The van der Waals surface area contributed by atoms with Gasteiger partial charge in [0.05, 0.1) is 0 Å². The lowest BCUT2D eigenvalue weighted by Gasteiger charge is -2.02. The molecule has 0 aliphatic carbocycles. The SMILES string of the molecule is Cn1c(-c2cccc(Br)c2)nc(C#N)c1Cl. The summed E-state index contributed by atoms with van der Waals surface area (Å²) in [5, 5.41) is 9.20. The lowest BCUT2D eigenvalue weighted by atomic mass is 10.2. The van der Waals surface area contributed by atoms with Crippen LogP contribution in [0.2, 0.25) is 5.15 Å². The van der Waals surface area contributed by atoms with Crippen molar-refractivity contribution >= 4 is 27.5 Å². The number of aromatic nitrogens is 2. The highest BCUT2D eigenvalue weighted by molar-refractivity contribution is 9.10. The Morgan fingerprint density at radius 2 is 2.25 bits per heavy atom. The van der Waals surface area contributed by atoms with Gasteiger partial charge in [-0.3, -0.25) is 0 Å². The number of rotatable bonds is 1. The van der Waals surface area contributed by atoms with Gasteiger partial charge in [0.2, 0.25) is 0 Å². The summed E-state index contributed by atoms with van der Waals surface area (Å²) in [4.78, 5) is 4.19. The molecule has 0 atom stereocenters. The van der Waals surface area contributed by atoms with E-state index in [4.69, 9.17) is 16.9 Å². The largest absolute Gasteiger partial charge is 0.317 e. The van der Waals surface area contributed by atoms with Crippen molar-refractivity contribution in [3.8, 4) is 17.5 Å². The lowest BCUT2D eigenvalue weighted by Crippen LogP contribution is -1.92. The predicted octanol–water partition coefficient (Wildman–Crippen LogP) is 3.37. The van der Waals surface area contributed by atoms with Crippen LogP contribution in [0.3, 0.4) is 0 Å². The van der Waals surface area contributed by atoms with Gasteiger partial charge in [0.15, 0.2) is 5.69 Å². The Morgan fingerprint density at radius 1 is 1.50 bits per heavy atom. The number of halogens is 2. The third kappa shape index (κ3) is 1.84. The van der Waals surface area contributed by atoms with Gasteiger partial charge in [-0.15, -0.1) is 0 Å². The normalized spacial score (nSPS) is 10.1. The minimum atomic E-state index is 0.249. The standard InChI is InChI=1S/C11H7BrClN3/c1-16-10(13)9(6-14)15-11(16)7-3-2-4-8(12)5-7/h2-5H,1H3. The van der Waals surface area contributed by atoms with Gasteiger partial charge in [-0.2, -0.15) is 5.26 Å². The van der Waals surface area contributed by atoms with Crippen LogP contribution in [0.25, 0.3) is 11.4 Å². The first-order chi connectivity index (χ1) is 7.63. The van der Waals surface area contributed by atoms with Gasteiger partial charge >= 0.3 is 0 Å². The summed E-state index contributed by atoms with van der Waals surface area (Å²) >= 11 is 9.36. The molecule has 1 aromatic heterocycles. The van der Waals surface area contributed by atoms with E-state index < -0.39 is 0 Å². The number of benzene rings is 1. The molecule has 0 saturated heterocycles. The highest BCUT2D eigenvalue weighted by atomic mass is 79.9. The highest BCUT2D eigenvalue weighted by Gasteiger charge is 2.13. The molecule has 2 rings (SSSR count). The van der Waals surface area contributed by atoms with Gasteiger partial charge in [0, 0.05) is 17.1 Å². The van der Waals surface area contributed by atoms with Crippen LogP contribution in [0.4, 0.5) is 0 Å². The van der Waals surface area contributed by atoms with Crippen LogP contribution < -0.4 is 0 Å². The van der Waals surface area contributed by atoms with Crippen molar-refractivity contribution in [3.63, 3.8) is 0 Å². The molecular weight excluding hydrogens is 289 g/mol. The summed E-state index contributed by atoms with van der Waals surface area (Å²) in [6.45, 7) is 0. The second-order valence-corrected chi connectivity index (χ2v) is 4.53. The number of nitriles is 1. The monoisotopic (exact) mass is 295 g/mol. The maximum atomic E-state index is 8.84. The molecule has 1 heterocycles. The molecule has 16 heavy (non-hydrogen) atoms. The maximum absolute atomic E-state index is 8.84. The molecule has 0 aliphatic rings. The molecule has 0 fully saturated rings. The highest BCUT2D eigenvalue weighted by Crippen LogP contribution is 2.26. The topological polar surface area (TPSA) is 41.6 Å². The van der Waals surface area contributed by atoms with Crippen LogP contribution in [0.5, 0.6) is 0 Å². The summed E-state index contributed by atoms with van der Waals surface area (Å²) < 4.78 is 2.66. The number of nitrogens with zero attached hydrogens (tertiary/aromatic N) is 3. The van der Waals surface area contributed by atoms with E-state index >= 15 is 0 Å². The minimum absolute atomic E-state index is 0.249. The molecule has 3 nitrogen and oxygen atoms in total. The average molecular weight is 297 g/mol. The first kappa shape index (κ1) is 11.2. The van der Waals surface area contributed by atoms with Crippen molar-refractivity contribution in [1.82, 2.24) is 9.55 Å². The molecule has 0 radical (unpaired) electrons. The molecule has 0 amide bonds. The first-order valence-corrected chi connectivity index (χ1v) is 5.69. The van der Waals surface area contributed by atoms with E-state index in [2.05, 4.69) is 20.9 Å². The molecule has 1 aromatic carbocycles. The third-order valence-electron chi connectivity index (χ3n) is 2.21. The van der Waals surface area contributed by atoms with E-state index in [1.807, 2.05) is 30.3 Å². The van der Waals surface area contributed by atoms with Gasteiger partial charge in [0.1, 0.15) is 17.0 Å². The molecule has 2 aromatic rings. The Morgan fingerprint density at radius 3 is 2.81 bits per heavy atom. The maximum Gasteiger partial charge on any atom is 0.178 e. The zero-order valence-corrected chi connectivity index (χ0v) is 10.7. The molecule has 0 unspecified atom stereocenters. The van der Waals surface area contributed by atoms with Crippen molar-refractivity contribution in [2.45, 2.75) is 0 Å². The van der Waals surface area contributed by atoms with E-state index in [9.17, 15) is 0 Å². The van der Waals surface area contributed by atoms with Crippen molar-refractivity contribution in [2.24, 2.45) is 7.05 Å². The number of imidazole rings is 1. The molecule has 0 spiro atoms. The predicted molar refractivity (Wildman–Crippen MR) is 66.1 cm³/mol. The summed E-state index contributed by atoms with van der Waals surface area (Å²) in [6, 6.07) is 9.66. The molecule has 0 N–H and O–H groups in total. The van der Waals surface area contributed by atoms with Gasteiger partial charge in [-0.05, 0) is 12.1 Å². The summed E-state index contributed by atoms with van der Waals surface area (Å²) in [7, 11) is 1.78. The van der Waals surface area contributed by atoms with E-state index in [1.165, 1.54) is 0 Å². The van der Waals surface area contributed by atoms with Crippen LogP contribution >= 0.6 is 27.5 Å². The summed E-state index contributed by atoms with van der Waals surface area (Å²) in [5.41, 5.74) is 1.17. The van der Waals surface area contributed by atoms with Crippen molar-refractivity contribution < 1.29 is 0 Å². The molecule has 5 heteroatoms. The Kier molecular flexibility index (Phi) is 2.99. The number of hydrogen-bond donors (Lipinski definition) is 0. The van der Waals surface area contributed by atoms with Crippen LogP contribution in [0, 0.1) is 11.3 Å². The average Bonchev–Trinajstić information content (AvgIpc) is 2.56. The Bertz CT molecular complexity index is 583. The Balaban J connectivity index is 2.62. The minimum Gasteiger partial charge on any atom is -0.317 e. The fourth-order valence-electron chi connectivity index (χ4n) is 1.44. The molecular formula is C11H7BrClN3. The first-order valence-electron chi connectivity index (χ1n) is 4.51. The number of hydrogen-bond acceptors (Lipinski definition) is 2. The van der Waals surface area contributed by atoms with Gasteiger partial charge in [-0.1, -0.05) is 39.7 Å². The van der Waals surface area contributed by atoms with E-state index in [0.29, 0.717) is 11.0 Å². The van der Waals surface area contributed by atoms with Gasteiger partial charge < -0.3 is 4.57 Å². The molecule has 0 saturated carbocycles. The zero-order valence-electron chi connectivity index (χ0n) is 8.41. The van der Waals surface area contributed by atoms with Crippen LogP contribution in [-0.4, -0.2) is 9.55 Å². The van der Waals surface area contributed by atoms with E-state index in [-0.39, 0.29) is 5.69 Å². The van der Waals surface area contributed by atoms with Gasteiger partial charge in [-0.25, -0.2) is 4.98 Å².